The fourth-order valence-corrected chi connectivity index (χ4v) is 2.79. The number of carbonyl (C=O) groups is 2. The second-order valence-corrected chi connectivity index (χ2v) is 7.77. The van der Waals surface area contributed by atoms with Gasteiger partial charge in [0.25, 0.3) is 0 Å². The quantitative estimate of drug-likeness (QED) is 0.404. The first-order valence-corrected chi connectivity index (χ1v) is 10.3. The van der Waals surface area contributed by atoms with Crippen LogP contribution in [0.15, 0.2) is 24.3 Å². The Balaban J connectivity index is 2.70. The van der Waals surface area contributed by atoms with Crippen molar-refractivity contribution in [3.05, 3.63) is 35.4 Å². The minimum atomic E-state index is -0.478. The average molecular weight is 395 g/mol. The molecule has 0 aliphatic carbocycles. The second kappa shape index (κ2) is 11.2. The minimum absolute atomic E-state index is 0.262. The van der Waals surface area contributed by atoms with Gasteiger partial charge in [-0.25, -0.2) is 9.59 Å². The molecule has 28 heavy (non-hydrogen) atoms. The van der Waals surface area contributed by atoms with Crippen molar-refractivity contribution in [2.24, 2.45) is 0 Å². The monoisotopic (exact) mass is 394 g/mol. The molecule has 6 heteroatoms. The van der Waals surface area contributed by atoms with Gasteiger partial charge in [0.05, 0.1) is 51.4 Å². The summed E-state index contributed by atoms with van der Waals surface area (Å²) < 4.78 is 12.6. The van der Waals surface area contributed by atoms with Crippen LogP contribution >= 0.6 is 0 Å². The first-order chi connectivity index (χ1) is 13.2. The number of ether oxygens (including phenoxy) is 2. The van der Waals surface area contributed by atoms with E-state index in [-0.39, 0.29) is 11.1 Å². The number of benzene rings is 1. The smallest absolute Gasteiger partial charge is 0.339 e. The summed E-state index contributed by atoms with van der Waals surface area (Å²) in [5.41, 5.74) is 0.524. The molecule has 0 amide bonds. The Labute approximate surface area is 170 Å². The van der Waals surface area contributed by atoms with Gasteiger partial charge in [-0.2, -0.15) is 0 Å². The molecule has 1 rings (SSSR count). The lowest BCUT2D eigenvalue weighted by Gasteiger charge is -2.31. The highest BCUT2D eigenvalue weighted by Gasteiger charge is 2.22. The summed E-state index contributed by atoms with van der Waals surface area (Å²) in [6.45, 7) is 14.5. The van der Waals surface area contributed by atoms with Crippen LogP contribution in [0.5, 0.6) is 0 Å². The molecule has 1 aromatic carbocycles. The summed E-state index contributed by atoms with van der Waals surface area (Å²) >= 11 is 0. The molecule has 158 valence electrons. The molecule has 0 spiro atoms. The lowest BCUT2D eigenvalue weighted by Crippen LogP contribution is -2.46. The molecule has 0 saturated carbocycles. The predicted molar refractivity (Wildman–Crippen MR) is 111 cm³/mol. The maximum atomic E-state index is 12.5. The lowest BCUT2D eigenvalue weighted by molar-refractivity contribution is -0.906. The van der Waals surface area contributed by atoms with E-state index in [1.165, 1.54) is 0 Å². The summed E-state index contributed by atoms with van der Waals surface area (Å²) in [5, 5.41) is 0. The van der Waals surface area contributed by atoms with E-state index in [0.29, 0.717) is 13.2 Å². The van der Waals surface area contributed by atoms with Crippen LogP contribution in [0.4, 0.5) is 0 Å². The lowest BCUT2D eigenvalue weighted by atomic mass is 10.1. The van der Waals surface area contributed by atoms with Gasteiger partial charge < -0.3 is 18.4 Å². The summed E-state index contributed by atoms with van der Waals surface area (Å²) in [7, 11) is 4.27. The molecule has 6 nitrogen and oxygen atoms in total. The predicted octanol–water partition coefficient (Wildman–Crippen LogP) is 2.97. The van der Waals surface area contributed by atoms with Crippen molar-refractivity contribution >= 4 is 11.9 Å². The van der Waals surface area contributed by atoms with Gasteiger partial charge in [0.2, 0.25) is 0 Å². The van der Waals surface area contributed by atoms with Crippen LogP contribution in [-0.2, 0) is 9.47 Å². The number of quaternary nitrogens is 2. The van der Waals surface area contributed by atoms with Gasteiger partial charge in [-0.15, -0.1) is 0 Å². The number of rotatable bonds is 12. The molecule has 0 N–H and O–H groups in total. The summed E-state index contributed by atoms with van der Waals surface area (Å²) in [6, 6.07) is 6.69. The van der Waals surface area contributed by atoms with Gasteiger partial charge in [0.15, 0.2) is 0 Å². The largest absolute Gasteiger partial charge is 0.456 e. The average Bonchev–Trinajstić information content (AvgIpc) is 2.73. The first kappa shape index (κ1) is 24.1. The van der Waals surface area contributed by atoms with E-state index < -0.39 is 11.9 Å². The molecule has 0 bridgehead atoms. The van der Waals surface area contributed by atoms with Crippen LogP contribution in [0.3, 0.4) is 0 Å². The number of likely N-dealkylation sites (N-methyl/N-ethyl adjacent to an activating group) is 2. The molecule has 1 aromatic rings. The Morgan fingerprint density at radius 3 is 1.32 bits per heavy atom. The molecule has 0 radical (unpaired) electrons. The zero-order chi connectivity index (χ0) is 21.2. The van der Waals surface area contributed by atoms with Crippen LogP contribution in [0.1, 0.15) is 48.4 Å². The van der Waals surface area contributed by atoms with E-state index in [2.05, 4.69) is 41.8 Å². The van der Waals surface area contributed by atoms with E-state index >= 15 is 0 Å². The maximum absolute atomic E-state index is 12.5. The zero-order valence-corrected chi connectivity index (χ0v) is 18.5. The molecular weight excluding hydrogens is 356 g/mol. The van der Waals surface area contributed by atoms with Gasteiger partial charge in [-0.05, 0) is 39.8 Å². The highest BCUT2D eigenvalue weighted by molar-refractivity contribution is 6.03. The third-order valence-corrected chi connectivity index (χ3v) is 6.15. The van der Waals surface area contributed by atoms with Crippen LogP contribution in [0.2, 0.25) is 0 Å². The van der Waals surface area contributed by atoms with Crippen LogP contribution in [0.25, 0.3) is 0 Å². The third-order valence-electron chi connectivity index (χ3n) is 6.15. The van der Waals surface area contributed by atoms with Crippen molar-refractivity contribution < 1.29 is 28.0 Å². The molecule has 0 unspecified atom stereocenters. The van der Waals surface area contributed by atoms with Crippen LogP contribution in [0, 0.1) is 0 Å². The van der Waals surface area contributed by atoms with Gasteiger partial charge in [0.1, 0.15) is 26.3 Å². The van der Waals surface area contributed by atoms with E-state index in [1.54, 1.807) is 24.3 Å². The van der Waals surface area contributed by atoms with Crippen molar-refractivity contribution in [2.75, 3.05) is 66.6 Å². The molecular formula is C22H38N2O4+2. The Morgan fingerprint density at radius 1 is 0.714 bits per heavy atom. The molecule has 0 heterocycles. The summed E-state index contributed by atoms with van der Waals surface area (Å²) in [4.78, 5) is 25.0. The molecule has 0 fully saturated rings. The van der Waals surface area contributed by atoms with Gasteiger partial charge >= 0.3 is 11.9 Å². The minimum Gasteiger partial charge on any atom is -0.456 e. The molecule has 0 aliphatic rings. The first-order valence-electron chi connectivity index (χ1n) is 10.3. The van der Waals surface area contributed by atoms with Crippen molar-refractivity contribution in [1.29, 1.82) is 0 Å². The van der Waals surface area contributed by atoms with Gasteiger partial charge in [-0.3, -0.25) is 0 Å². The van der Waals surface area contributed by atoms with Crippen LogP contribution < -0.4 is 0 Å². The number of hydrogen-bond acceptors (Lipinski definition) is 4. The van der Waals surface area contributed by atoms with Crippen molar-refractivity contribution in [3.63, 3.8) is 0 Å². The van der Waals surface area contributed by atoms with E-state index in [9.17, 15) is 9.59 Å². The Kier molecular flexibility index (Phi) is 9.62. The number of carbonyl (C=O) groups excluding carboxylic acids is 2. The fraction of sp³-hybridized carbons (Fsp3) is 0.636. The highest BCUT2D eigenvalue weighted by Crippen LogP contribution is 2.13. The summed E-state index contributed by atoms with van der Waals surface area (Å²) in [5.74, 6) is -0.955. The maximum Gasteiger partial charge on any atom is 0.339 e. The van der Waals surface area contributed by atoms with E-state index in [4.69, 9.17) is 9.47 Å². The summed E-state index contributed by atoms with van der Waals surface area (Å²) in [6.07, 6.45) is 0. The topological polar surface area (TPSA) is 52.6 Å². The second-order valence-electron chi connectivity index (χ2n) is 7.77. The molecule has 0 atom stereocenters. The Morgan fingerprint density at radius 2 is 1.04 bits per heavy atom. The number of hydrogen-bond donors (Lipinski definition) is 0. The third kappa shape index (κ3) is 6.91. The zero-order valence-electron chi connectivity index (χ0n) is 18.5. The van der Waals surface area contributed by atoms with E-state index in [1.807, 2.05) is 0 Å². The van der Waals surface area contributed by atoms with Crippen molar-refractivity contribution in [3.8, 4) is 0 Å². The SMILES string of the molecule is CC[N+](C)(CC)CCOC(=O)c1ccccc1C(=O)OCC[N+](C)(CC)CC. The van der Waals surface area contributed by atoms with E-state index in [0.717, 1.165) is 48.2 Å². The molecule has 0 saturated heterocycles. The molecule has 0 aliphatic heterocycles. The highest BCUT2D eigenvalue weighted by atomic mass is 16.5. The van der Waals surface area contributed by atoms with Gasteiger partial charge in [0, 0.05) is 0 Å². The van der Waals surface area contributed by atoms with Gasteiger partial charge in [-0.1, -0.05) is 12.1 Å². The molecule has 0 aromatic heterocycles. The van der Waals surface area contributed by atoms with Crippen LogP contribution in [-0.4, -0.2) is 87.5 Å². The van der Waals surface area contributed by atoms with Crippen molar-refractivity contribution in [2.45, 2.75) is 27.7 Å². The standard InChI is InChI=1S/C22H38N2O4/c1-7-23(5,8-2)15-17-27-21(25)19-13-11-12-14-20(19)22(26)28-18-16-24(6,9-3)10-4/h11-14H,7-10,15-18H2,1-6H3/q+2. The normalized spacial score (nSPS) is 11.9. The van der Waals surface area contributed by atoms with Crippen molar-refractivity contribution in [1.82, 2.24) is 0 Å². The number of nitrogens with zero attached hydrogens (tertiary/aromatic N) is 2. The fourth-order valence-electron chi connectivity index (χ4n) is 2.79. The Hall–Kier alpha value is -1.92. The Bertz CT molecular complexity index is 582. The number of esters is 2.